The molecule has 0 bridgehead atoms. The van der Waals surface area contributed by atoms with Crippen LogP contribution in [0.3, 0.4) is 0 Å². The van der Waals surface area contributed by atoms with E-state index in [4.69, 9.17) is 0 Å². The van der Waals surface area contributed by atoms with Crippen molar-refractivity contribution >= 4 is 22.5 Å². The zero-order valence-corrected chi connectivity index (χ0v) is 18.1. The van der Waals surface area contributed by atoms with Crippen LogP contribution in [0.15, 0.2) is 35.3 Å². The van der Waals surface area contributed by atoms with Gasteiger partial charge >= 0.3 is 6.03 Å². The number of fused-ring (bicyclic) bond motifs is 1. The van der Waals surface area contributed by atoms with E-state index < -0.39 is 0 Å². The fourth-order valence-electron chi connectivity index (χ4n) is 4.35. The summed E-state index contributed by atoms with van der Waals surface area (Å²) in [5.41, 5.74) is 0.645. The van der Waals surface area contributed by atoms with E-state index in [1.54, 1.807) is 10.8 Å². The van der Waals surface area contributed by atoms with Gasteiger partial charge in [-0.05, 0) is 38.7 Å². The topological polar surface area (TPSA) is 66.4 Å². The van der Waals surface area contributed by atoms with Gasteiger partial charge < -0.3 is 15.2 Å². The van der Waals surface area contributed by atoms with Crippen LogP contribution in [0, 0.1) is 5.92 Å². The summed E-state index contributed by atoms with van der Waals surface area (Å²) in [5, 5.41) is 7.33. The molecule has 0 radical (unpaired) electrons. The number of carbonyl (C=O) groups is 1. The zero-order chi connectivity index (χ0) is 21.0. The van der Waals surface area contributed by atoms with E-state index >= 15 is 0 Å². The maximum atomic E-state index is 12.7. The summed E-state index contributed by atoms with van der Waals surface area (Å²) in [5.74, 6) is 0.337. The SMILES string of the molecule is CC(C)Cn1cc(NC(=O)NCCN2[C@H](C)CCC[C@H]2C)c2ccccc2c1=O. The van der Waals surface area contributed by atoms with Crippen molar-refractivity contribution in [3.8, 4) is 0 Å². The number of nitrogens with one attached hydrogen (secondary N) is 2. The first-order valence-corrected chi connectivity index (χ1v) is 10.8. The Bertz CT molecular complexity index is 895. The normalized spacial score (nSPS) is 20.2. The van der Waals surface area contributed by atoms with Gasteiger partial charge in [-0.15, -0.1) is 0 Å². The number of nitrogens with zero attached hydrogens (tertiary/aromatic N) is 2. The van der Waals surface area contributed by atoms with E-state index in [1.165, 1.54) is 19.3 Å². The van der Waals surface area contributed by atoms with Crippen LogP contribution in [0.5, 0.6) is 0 Å². The third-order valence-corrected chi connectivity index (χ3v) is 5.84. The lowest BCUT2D eigenvalue weighted by Gasteiger charge is -2.39. The minimum Gasteiger partial charge on any atom is -0.337 e. The number of aromatic nitrogens is 1. The molecule has 0 aliphatic carbocycles. The Balaban J connectivity index is 1.69. The van der Waals surface area contributed by atoms with Gasteiger partial charge in [-0.2, -0.15) is 0 Å². The quantitative estimate of drug-likeness (QED) is 0.772. The number of piperidine rings is 1. The smallest absolute Gasteiger partial charge is 0.319 e. The highest BCUT2D eigenvalue weighted by atomic mass is 16.2. The Hall–Kier alpha value is -2.34. The number of hydrogen-bond acceptors (Lipinski definition) is 3. The summed E-state index contributed by atoms with van der Waals surface area (Å²) < 4.78 is 1.69. The molecule has 2 aromatic rings. The van der Waals surface area contributed by atoms with E-state index in [-0.39, 0.29) is 11.6 Å². The van der Waals surface area contributed by atoms with E-state index in [0.717, 1.165) is 11.9 Å². The summed E-state index contributed by atoms with van der Waals surface area (Å²) in [7, 11) is 0. The van der Waals surface area contributed by atoms with Gasteiger partial charge in [-0.3, -0.25) is 9.69 Å². The number of carbonyl (C=O) groups excluding carboxylic acids is 1. The number of urea groups is 1. The summed E-state index contributed by atoms with van der Waals surface area (Å²) in [6.45, 7) is 10.7. The zero-order valence-electron chi connectivity index (χ0n) is 18.1. The number of anilines is 1. The molecular weight excluding hydrogens is 364 g/mol. The molecule has 6 heteroatoms. The molecule has 0 saturated carbocycles. The minimum atomic E-state index is -0.234. The van der Waals surface area contributed by atoms with E-state index in [1.807, 2.05) is 24.3 Å². The lowest BCUT2D eigenvalue weighted by molar-refractivity contribution is 0.105. The average molecular weight is 399 g/mol. The number of amides is 2. The maximum absolute atomic E-state index is 12.7. The van der Waals surface area contributed by atoms with Crippen LogP contribution >= 0.6 is 0 Å². The Kier molecular flexibility index (Phi) is 6.96. The van der Waals surface area contributed by atoms with Crippen molar-refractivity contribution in [1.82, 2.24) is 14.8 Å². The van der Waals surface area contributed by atoms with Gasteiger partial charge in [-0.1, -0.05) is 38.5 Å². The van der Waals surface area contributed by atoms with E-state index in [0.29, 0.717) is 42.2 Å². The molecule has 1 aliphatic heterocycles. The van der Waals surface area contributed by atoms with Crippen molar-refractivity contribution in [2.45, 2.75) is 65.6 Å². The molecular formula is C23H34N4O2. The molecule has 2 heterocycles. The summed E-state index contributed by atoms with van der Waals surface area (Å²) in [4.78, 5) is 27.8. The standard InChI is InChI=1S/C23H34N4O2/c1-16(2)14-26-15-21(19-10-5-6-11-20(19)22(26)28)25-23(29)24-12-13-27-17(3)8-7-9-18(27)4/h5-6,10-11,15-18H,7-9,12-14H2,1-4H3,(H2,24,25,29)/t17-,18-/m1/s1. The molecule has 2 N–H and O–H groups in total. The fraction of sp³-hybridized carbons (Fsp3) is 0.565. The van der Waals surface area contributed by atoms with Gasteiger partial charge in [-0.25, -0.2) is 4.79 Å². The molecule has 1 fully saturated rings. The van der Waals surface area contributed by atoms with Crippen LogP contribution in [0.1, 0.15) is 47.0 Å². The van der Waals surface area contributed by atoms with Gasteiger partial charge in [0, 0.05) is 48.7 Å². The third kappa shape index (κ3) is 5.18. The first-order valence-electron chi connectivity index (χ1n) is 10.8. The number of pyridine rings is 1. The molecule has 2 amide bonds. The highest BCUT2D eigenvalue weighted by Crippen LogP contribution is 2.22. The number of benzene rings is 1. The van der Waals surface area contributed by atoms with Crippen LogP contribution in [0.2, 0.25) is 0 Å². The Morgan fingerprint density at radius 1 is 1.14 bits per heavy atom. The van der Waals surface area contributed by atoms with Crippen molar-refractivity contribution in [2.75, 3.05) is 18.4 Å². The van der Waals surface area contributed by atoms with Crippen LogP contribution in [0.25, 0.3) is 10.8 Å². The first kappa shape index (κ1) is 21.4. The second kappa shape index (κ2) is 9.44. The lowest BCUT2D eigenvalue weighted by Crippen LogP contribution is -2.47. The summed E-state index contributed by atoms with van der Waals surface area (Å²) in [6, 6.07) is 8.33. The predicted octanol–water partition coefficient (Wildman–Crippen LogP) is 4.04. The van der Waals surface area contributed by atoms with Crippen molar-refractivity contribution < 1.29 is 4.79 Å². The molecule has 1 aromatic heterocycles. The van der Waals surface area contributed by atoms with Crippen LogP contribution in [-0.2, 0) is 6.54 Å². The average Bonchev–Trinajstić information content (AvgIpc) is 2.67. The van der Waals surface area contributed by atoms with Gasteiger partial charge in [0.1, 0.15) is 0 Å². The number of likely N-dealkylation sites (tertiary alicyclic amines) is 1. The third-order valence-electron chi connectivity index (χ3n) is 5.84. The molecule has 3 rings (SSSR count). The van der Waals surface area contributed by atoms with Gasteiger partial charge in [0.25, 0.3) is 5.56 Å². The number of hydrogen-bond donors (Lipinski definition) is 2. The van der Waals surface area contributed by atoms with Crippen LogP contribution in [0.4, 0.5) is 10.5 Å². The highest BCUT2D eigenvalue weighted by molar-refractivity contribution is 6.00. The predicted molar refractivity (Wildman–Crippen MR) is 120 cm³/mol. The first-order chi connectivity index (χ1) is 13.9. The molecule has 6 nitrogen and oxygen atoms in total. The van der Waals surface area contributed by atoms with Crippen LogP contribution in [-0.4, -0.2) is 40.7 Å². The molecule has 0 unspecified atom stereocenters. The molecule has 158 valence electrons. The minimum absolute atomic E-state index is 0.0201. The van der Waals surface area contributed by atoms with Crippen molar-refractivity contribution in [3.63, 3.8) is 0 Å². The second-order valence-electron chi connectivity index (χ2n) is 8.69. The molecule has 1 aliphatic rings. The number of rotatable bonds is 6. The van der Waals surface area contributed by atoms with Crippen LogP contribution < -0.4 is 16.2 Å². The van der Waals surface area contributed by atoms with E-state index in [9.17, 15) is 9.59 Å². The molecule has 1 aromatic carbocycles. The Labute approximate surface area is 173 Å². The fourth-order valence-corrected chi connectivity index (χ4v) is 4.35. The Morgan fingerprint density at radius 2 is 1.79 bits per heavy atom. The van der Waals surface area contributed by atoms with Gasteiger partial charge in [0.2, 0.25) is 0 Å². The van der Waals surface area contributed by atoms with E-state index in [2.05, 4.69) is 43.2 Å². The molecule has 29 heavy (non-hydrogen) atoms. The second-order valence-corrected chi connectivity index (χ2v) is 8.69. The highest BCUT2D eigenvalue weighted by Gasteiger charge is 2.24. The maximum Gasteiger partial charge on any atom is 0.319 e. The largest absolute Gasteiger partial charge is 0.337 e. The molecule has 2 atom stereocenters. The lowest BCUT2D eigenvalue weighted by atomic mass is 9.98. The molecule has 0 spiro atoms. The molecule has 1 saturated heterocycles. The van der Waals surface area contributed by atoms with Crippen molar-refractivity contribution in [3.05, 3.63) is 40.8 Å². The summed E-state index contributed by atoms with van der Waals surface area (Å²) >= 11 is 0. The summed E-state index contributed by atoms with van der Waals surface area (Å²) in [6.07, 6.45) is 5.49. The Morgan fingerprint density at radius 3 is 2.45 bits per heavy atom. The van der Waals surface area contributed by atoms with Gasteiger partial charge in [0.15, 0.2) is 0 Å². The van der Waals surface area contributed by atoms with Crippen molar-refractivity contribution in [1.29, 1.82) is 0 Å². The van der Waals surface area contributed by atoms with Gasteiger partial charge in [0.05, 0.1) is 5.69 Å². The monoisotopic (exact) mass is 398 g/mol. The van der Waals surface area contributed by atoms with Crippen molar-refractivity contribution in [2.24, 2.45) is 5.92 Å².